The lowest BCUT2D eigenvalue weighted by Gasteiger charge is -2.34. The summed E-state index contributed by atoms with van der Waals surface area (Å²) in [4.78, 5) is 28.5. The summed E-state index contributed by atoms with van der Waals surface area (Å²) in [5.41, 5.74) is -0.108. The Morgan fingerprint density at radius 2 is 1.75 bits per heavy atom. The zero-order chi connectivity index (χ0) is 28.7. The van der Waals surface area contributed by atoms with Crippen molar-refractivity contribution < 1.29 is 31.2 Å². The molecule has 0 atom stereocenters. The van der Waals surface area contributed by atoms with Gasteiger partial charge < -0.3 is 14.4 Å². The van der Waals surface area contributed by atoms with E-state index in [4.69, 9.17) is 11.6 Å². The minimum Gasteiger partial charge on any atom is -0.338 e. The van der Waals surface area contributed by atoms with Crippen LogP contribution in [0.3, 0.4) is 0 Å². The zero-order valence-corrected chi connectivity index (χ0v) is 22.0. The van der Waals surface area contributed by atoms with E-state index in [2.05, 4.69) is 14.9 Å². The number of nitrogens with one attached hydrogen (secondary N) is 1. The fourth-order valence-corrected chi connectivity index (χ4v) is 5.37. The Morgan fingerprint density at radius 3 is 2.40 bits per heavy atom. The summed E-state index contributed by atoms with van der Waals surface area (Å²) < 4.78 is 68.4. The molecule has 15 heteroatoms. The lowest BCUT2D eigenvalue weighted by Crippen LogP contribution is -2.53. The summed E-state index contributed by atoms with van der Waals surface area (Å²) in [6.07, 6.45) is -2.98. The van der Waals surface area contributed by atoms with Gasteiger partial charge in [0, 0.05) is 30.5 Å². The molecule has 1 fully saturated rings. The average Bonchev–Trinajstić information content (AvgIpc) is 3.31. The molecular weight excluding hydrogens is 573 g/mol. The van der Waals surface area contributed by atoms with Crippen LogP contribution in [-0.4, -0.2) is 59.5 Å². The predicted octanol–water partition coefficient (Wildman–Crippen LogP) is 3.78. The molecular formula is C25H20ClF3N6O4S. The molecule has 2 aromatic carbocycles. The molecule has 0 spiro atoms. The van der Waals surface area contributed by atoms with Crippen LogP contribution < -0.4 is 9.62 Å². The second-order valence-electron chi connectivity index (χ2n) is 8.92. The van der Waals surface area contributed by atoms with Crippen LogP contribution in [-0.2, 0) is 32.3 Å². The van der Waals surface area contributed by atoms with Gasteiger partial charge >= 0.3 is 6.18 Å². The van der Waals surface area contributed by atoms with Crippen LogP contribution in [0, 0.1) is 0 Å². The van der Waals surface area contributed by atoms with Crippen LogP contribution in [0.25, 0.3) is 10.9 Å². The van der Waals surface area contributed by atoms with Crippen molar-refractivity contribution in [2.45, 2.75) is 17.6 Å². The lowest BCUT2D eigenvalue weighted by molar-refractivity contribution is -0.137. The van der Waals surface area contributed by atoms with E-state index in [1.54, 1.807) is 6.07 Å². The first-order valence-electron chi connectivity index (χ1n) is 11.8. The monoisotopic (exact) mass is 592 g/mol. The van der Waals surface area contributed by atoms with Gasteiger partial charge in [-0.15, -0.1) is 10.2 Å². The number of carbonyl (C=O) groups excluding carboxylic acids is 2. The van der Waals surface area contributed by atoms with Crippen molar-refractivity contribution in [1.82, 2.24) is 19.7 Å². The van der Waals surface area contributed by atoms with Crippen LogP contribution in [0.4, 0.5) is 24.7 Å². The Bertz CT molecular complexity index is 1690. The molecule has 4 aromatic rings. The number of fused-ring (bicyclic) bond motifs is 1. The molecule has 208 valence electrons. The fraction of sp³-hybridized carbons (Fsp3) is 0.200. The molecule has 0 unspecified atom stereocenters. The highest BCUT2D eigenvalue weighted by atomic mass is 35.5. The van der Waals surface area contributed by atoms with Crippen molar-refractivity contribution >= 4 is 55.8 Å². The van der Waals surface area contributed by atoms with E-state index in [-0.39, 0.29) is 53.5 Å². The van der Waals surface area contributed by atoms with E-state index in [1.165, 1.54) is 63.0 Å². The average molecular weight is 593 g/mol. The molecule has 1 aliphatic heterocycles. The molecule has 40 heavy (non-hydrogen) atoms. The molecule has 2 aromatic heterocycles. The van der Waals surface area contributed by atoms with Gasteiger partial charge in [-0.1, -0.05) is 17.7 Å². The quantitative estimate of drug-likeness (QED) is 0.364. The Balaban J connectivity index is 1.23. The Morgan fingerprint density at radius 1 is 1.00 bits per heavy atom. The number of sulfonamides is 1. The normalized spacial score (nSPS) is 14.6. The highest BCUT2D eigenvalue weighted by Gasteiger charge is 2.31. The van der Waals surface area contributed by atoms with Crippen molar-refractivity contribution in [3.63, 3.8) is 0 Å². The van der Waals surface area contributed by atoms with Crippen LogP contribution in [0.15, 0.2) is 71.8 Å². The number of piperazine rings is 1. The molecule has 0 bridgehead atoms. The summed E-state index contributed by atoms with van der Waals surface area (Å²) in [5, 5.41) is 7.90. The number of carbonyl (C=O) groups is 2. The molecule has 0 aliphatic carbocycles. The van der Waals surface area contributed by atoms with Crippen LogP contribution in [0.1, 0.15) is 5.56 Å². The summed E-state index contributed by atoms with van der Waals surface area (Å²) in [5.74, 6) is -0.819. The Labute approximate surface area is 231 Å². The SMILES string of the molecule is O=C(Cn1ccc2ccc(C(F)(F)F)cc21)N1CCN(c2ccc(S(=O)(=O)Nc3ccc(Cl)nn3)cc2)C(=O)C1. The minimum atomic E-state index is -4.51. The number of anilines is 2. The Kier molecular flexibility index (Phi) is 7.14. The molecule has 0 radical (unpaired) electrons. The summed E-state index contributed by atoms with van der Waals surface area (Å²) >= 11 is 5.66. The first-order chi connectivity index (χ1) is 18.9. The van der Waals surface area contributed by atoms with Crippen molar-refractivity contribution in [3.8, 4) is 0 Å². The molecule has 3 heterocycles. The molecule has 5 rings (SSSR count). The summed E-state index contributed by atoms with van der Waals surface area (Å²) in [6, 6.07) is 13.3. The van der Waals surface area contributed by atoms with Gasteiger partial charge in [0.1, 0.15) is 13.1 Å². The number of amides is 2. The smallest absolute Gasteiger partial charge is 0.338 e. The summed E-state index contributed by atoms with van der Waals surface area (Å²) in [6.45, 7) is -0.118. The standard InChI is InChI=1S/C25H20ClF3N6O4S/c26-21-7-8-22(31-30-21)32-40(38,39)19-5-3-18(4-6-19)35-12-11-34(15-24(35)37)23(36)14-33-10-9-16-1-2-17(13-20(16)33)25(27,28)29/h1-10,13H,11-12,14-15H2,(H,31,32). The van der Waals surface area contributed by atoms with Crippen molar-refractivity contribution in [1.29, 1.82) is 0 Å². The molecule has 1 aliphatic rings. The summed E-state index contributed by atoms with van der Waals surface area (Å²) in [7, 11) is -3.98. The van der Waals surface area contributed by atoms with Crippen molar-refractivity contribution in [3.05, 3.63) is 77.6 Å². The fourth-order valence-electron chi connectivity index (χ4n) is 4.28. The van der Waals surface area contributed by atoms with E-state index in [0.717, 1.165) is 12.1 Å². The number of hydrogen-bond acceptors (Lipinski definition) is 6. The maximum atomic E-state index is 13.1. The molecule has 1 N–H and O–H groups in total. The predicted molar refractivity (Wildman–Crippen MR) is 140 cm³/mol. The van der Waals surface area contributed by atoms with Crippen LogP contribution in [0.2, 0.25) is 5.15 Å². The number of rotatable bonds is 6. The second-order valence-corrected chi connectivity index (χ2v) is 11.0. The highest BCUT2D eigenvalue weighted by Crippen LogP contribution is 2.32. The van der Waals surface area contributed by atoms with Gasteiger partial charge in [0.2, 0.25) is 11.8 Å². The Hall–Kier alpha value is -4.17. The third kappa shape index (κ3) is 5.72. The number of benzene rings is 2. The number of aromatic nitrogens is 3. The van der Waals surface area contributed by atoms with Gasteiger partial charge in [0.15, 0.2) is 11.0 Å². The largest absolute Gasteiger partial charge is 0.416 e. The van der Waals surface area contributed by atoms with Gasteiger partial charge in [0.05, 0.1) is 10.5 Å². The number of nitrogens with zero attached hydrogens (tertiary/aromatic N) is 5. The highest BCUT2D eigenvalue weighted by molar-refractivity contribution is 7.92. The first kappa shape index (κ1) is 27.4. The van der Waals surface area contributed by atoms with E-state index >= 15 is 0 Å². The zero-order valence-electron chi connectivity index (χ0n) is 20.5. The molecule has 1 saturated heterocycles. The number of halogens is 4. The second kappa shape index (κ2) is 10.4. The maximum Gasteiger partial charge on any atom is 0.416 e. The third-order valence-electron chi connectivity index (χ3n) is 6.31. The lowest BCUT2D eigenvalue weighted by atomic mass is 10.1. The van der Waals surface area contributed by atoms with Gasteiger partial charge in [-0.2, -0.15) is 13.2 Å². The molecule has 0 saturated carbocycles. The third-order valence-corrected chi connectivity index (χ3v) is 7.88. The van der Waals surface area contributed by atoms with E-state index < -0.39 is 27.7 Å². The van der Waals surface area contributed by atoms with Crippen molar-refractivity contribution in [2.75, 3.05) is 29.3 Å². The topological polar surface area (TPSA) is 118 Å². The maximum absolute atomic E-state index is 13.1. The van der Waals surface area contributed by atoms with Crippen LogP contribution in [0.5, 0.6) is 0 Å². The number of hydrogen-bond donors (Lipinski definition) is 1. The van der Waals surface area contributed by atoms with Crippen LogP contribution >= 0.6 is 11.6 Å². The first-order valence-corrected chi connectivity index (χ1v) is 13.6. The number of alkyl halides is 3. The van der Waals surface area contributed by atoms with E-state index in [9.17, 15) is 31.2 Å². The molecule has 10 nitrogen and oxygen atoms in total. The van der Waals surface area contributed by atoms with E-state index in [0.29, 0.717) is 11.1 Å². The molecule has 2 amide bonds. The van der Waals surface area contributed by atoms with E-state index in [1.807, 2.05) is 0 Å². The van der Waals surface area contributed by atoms with Gasteiger partial charge in [0.25, 0.3) is 10.0 Å². The van der Waals surface area contributed by atoms with Gasteiger partial charge in [-0.25, -0.2) is 8.42 Å². The van der Waals surface area contributed by atoms with Crippen molar-refractivity contribution in [2.24, 2.45) is 0 Å². The van der Waals surface area contributed by atoms with Gasteiger partial charge in [-0.3, -0.25) is 14.3 Å². The minimum absolute atomic E-state index is 0.0156. The van der Waals surface area contributed by atoms with Gasteiger partial charge in [-0.05, 0) is 60.0 Å².